The molecule has 0 unspecified atom stereocenters. The fraction of sp³-hybridized carbons (Fsp3) is 0.875. The van der Waals surface area contributed by atoms with Gasteiger partial charge in [0.2, 0.25) is 0 Å². The Bertz CT molecular complexity index is 138. The molecule has 0 radical (unpaired) electrons. The minimum Gasteiger partial charge on any atom is -0.468 e. The van der Waals surface area contributed by atoms with Crippen molar-refractivity contribution in [1.82, 2.24) is 5.32 Å². The molecule has 0 saturated carbocycles. The minimum absolute atomic E-state index is 0.0480. The van der Waals surface area contributed by atoms with Crippen molar-refractivity contribution in [2.24, 2.45) is 0 Å². The second-order valence-corrected chi connectivity index (χ2v) is 3.64. The van der Waals surface area contributed by atoms with Gasteiger partial charge in [-0.05, 0) is 27.7 Å². The summed E-state index contributed by atoms with van der Waals surface area (Å²) in [5, 5.41) is 3.10. The van der Waals surface area contributed by atoms with Crippen LogP contribution >= 0.6 is 0 Å². The molecule has 66 valence electrons. The van der Waals surface area contributed by atoms with E-state index in [-0.39, 0.29) is 17.6 Å². The minimum atomic E-state index is -0.236. The van der Waals surface area contributed by atoms with Crippen LogP contribution in [0.1, 0.15) is 27.7 Å². The largest absolute Gasteiger partial charge is 0.468 e. The smallest absolute Gasteiger partial charge is 0.322 e. The summed E-state index contributed by atoms with van der Waals surface area (Å²) in [6, 6.07) is -0.236. The van der Waals surface area contributed by atoms with Crippen molar-refractivity contribution < 1.29 is 9.53 Å². The first-order valence-corrected chi connectivity index (χ1v) is 3.72. The summed E-state index contributed by atoms with van der Waals surface area (Å²) < 4.78 is 4.56. The first kappa shape index (κ1) is 10.4. The van der Waals surface area contributed by atoms with Gasteiger partial charge in [-0.25, -0.2) is 0 Å². The van der Waals surface area contributed by atoms with Gasteiger partial charge in [0.25, 0.3) is 0 Å². The number of carbonyl (C=O) groups excluding carboxylic acids is 1. The molecule has 0 fully saturated rings. The summed E-state index contributed by atoms with van der Waals surface area (Å²) in [6.45, 7) is 7.81. The monoisotopic (exact) mass is 159 g/mol. The predicted octanol–water partition coefficient (Wildman–Crippen LogP) is 0.936. The molecule has 0 amide bonds. The number of carbonyl (C=O) groups is 1. The molecule has 0 heterocycles. The zero-order valence-corrected chi connectivity index (χ0v) is 7.89. The number of nitrogens with one attached hydrogen (secondary N) is 1. The average Bonchev–Trinajstić information content (AvgIpc) is 1.82. The molecule has 1 atom stereocenters. The maximum atomic E-state index is 10.9. The number of ether oxygens (including phenoxy) is 1. The summed E-state index contributed by atoms with van der Waals surface area (Å²) in [7, 11) is 1.39. The third-order valence-electron chi connectivity index (χ3n) is 1.20. The fourth-order valence-electron chi connectivity index (χ4n) is 0.885. The highest BCUT2D eigenvalue weighted by Crippen LogP contribution is 2.01. The molecule has 0 aliphatic rings. The van der Waals surface area contributed by atoms with Gasteiger partial charge in [0.05, 0.1) is 7.11 Å². The maximum absolute atomic E-state index is 10.9. The van der Waals surface area contributed by atoms with E-state index in [4.69, 9.17) is 0 Å². The lowest BCUT2D eigenvalue weighted by Crippen LogP contribution is -2.46. The highest BCUT2D eigenvalue weighted by molar-refractivity contribution is 5.75. The Morgan fingerprint density at radius 3 is 2.18 bits per heavy atom. The van der Waals surface area contributed by atoms with Crippen LogP contribution in [0.3, 0.4) is 0 Å². The second kappa shape index (κ2) is 3.72. The summed E-state index contributed by atoms with van der Waals surface area (Å²) >= 11 is 0. The molecule has 0 aliphatic carbocycles. The molecule has 11 heavy (non-hydrogen) atoms. The van der Waals surface area contributed by atoms with E-state index in [1.165, 1.54) is 7.11 Å². The van der Waals surface area contributed by atoms with Crippen molar-refractivity contribution >= 4 is 5.97 Å². The molecule has 1 N–H and O–H groups in total. The van der Waals surface area contributed by atoms with Gasteiger partial charge in [-0.1, -0.05) is 0 Å². The molecule has 0 rings (SSSR count). The van der Waals surface area contributed by atoms with Gasteiger partial charge in [0.15, 0.2) is 0 Å². The molecule has 3 nitrogen and oxygen atoms in total. The van der Waals surface area contributed by atoms with Gasteiger partial charge in [-0.2, -0.15) is 0 Å². The van der Waals surface area contributed by atoms with Crippen LogP contribution in [0.4, 0.5) is 0 Å². The van der Waals surface area contributed by atoms with Crippen LogP contribution in [0.15, 0.2) is 0 Å². The van der Waals surface area contributed by atoms with Crippen LogP contribution in [-0.2, 0) is 9.53 Å². The van der Waals surface area contributed by atoms with Gasteiger partial charge in [-0.15, -0.1) is 0 Å². The zero-order chi connectivity index (χ0) is 9.07. The number of methoxy groups -OCH3 is 1. The Hall–Kier alpha value is -0.570. The molecular formula is C8H17NO2. The van der Waals surface area contributed by atoms with Crippen LogP contribution in [0.25, 0.3) is 0 Å². The van der Waals surface area contributed by atoms with E-state index in [2.05, 4.69) is 10.1 Å². The topological polar surface area (TPSA) is 38.3 Å². The Balaban J connectivity index is 3.87. The second-order valence-electron chi connectivity index (χ2n) is 3.64. The summed E-state index contributed by atoms with van der Waals surface area (Å²) in [5.41, 5.74) is -0.0480. The highest BCUT2D eigenvalue weighted by atomic mass is 16.5. The van der Waals surface area contributed by atoms with Gasteiger partial charge in [0, 0.05) is 5.54 Å². The molecule has 0 aromatic rings. The van der Waals surface area contributed by atoms with Crippen LogP contribution in [0.5, 0.6) is 0 Å². The molecule has 0 bridgehead atoms. The van der Waals surface area contributed by atoms with E-state index >= 15 is 0 Å². The fourth-order valence-corrected chi connectivity index (χ4v) is 0.885. The number of hydrogen-bond donors (Lipinski definition) is 1. The SMILES string of the molecule is COC(=O)[C@H](C)NC(C)(C)C. The van der Waals surface area contributed by atoms with Crippen molar-refractivity contribution in [3.63, 3.8) is 0 Å². The number of hydrogen-bond acceptors (Lipinski definition) is 3. The first-order chi connectivity index (χ1) is 4.87. The van der Waals surface area contributed by atoms with E-state index in [9.17, 15) is 4.79 Å². The van der Waals surface area contributed by atoms with E-state index in [0.717, 1.165) is 0 Å². The third-order valence-corrected chi connectivity index (χ3v) is 1.20. The Labute approximate surface area is 68.1 Å². The zero-order valence-electron chi connectivity index (χ0n) is 7.89. The molecule has 0 aromatic carbocycles. The van der Waals surface area contributed by atoms with Crippen molar-refractivity contribution in [1.29, 1.82) is 0 Å². The Kier molecular flexibility index (Phi) is 3.52. The first-order valence-electron chi connectivity index (χ1n) is 3.72. The average molecular weight is 159 g/mol. The summed E-state index contributed by atoms with van der Waals surface area (Å²) in [6.07, 6.45) is 0. The highest BCUT2D eigenvalue weighted by Gasteiger charge is 2.19. The van der Waals surface area contributed by atoms with Gasteiger partial charge in [-0.3, -0.25) is 10.1 Å². The normalized spacial score (nSPS) is 14.3. The van der Waals surface area contributed by atoms with Gasteiger partial charge < -0.3 is 4.74 Å². The molecule has 0 aromatic heterocycles. The lowest BCUT2D eigenvalue weighted by atomic mass is 10.1. The Morgan fingerprint density at radius 2 is 1.91 bits per heavy atom. The Morgan fingerprint density at radius 1 is 1.45 bits per heavy atom. The lowest BCUT2D eigenvalue weighted by molar-refractivity contribution is -0.143. The van der Waals surface area contributed by atoms with Crippen LogP contribution in [0, 0.1) is 0 Å². The summed E-state index contributed by atoms with van der Waals surface area (Å²) in [4.78, 5) is 10.9. The van der Waals surface area contributed by atoms with Gasteiger partial charge in [0.1, 0.15) is 6.04 Å². The van der Waals surface area contributed by atoms with E-state index in [1.54, 1.807) is 6.92 Å². The predicted molar refractivity (Wildman–Crippen MR) is 44.4 cm³/mol. The maximum Gasteiger partial charge on any atom is 0.322 e. The lowest BCUT2D eigenvalue weighted by Gasteiger charge is -2.24. The third kappa shape index (κ3) is 4.79. The quantitative estimate of drug-likeness (QED) is 0.609. The van der Waals surface area contributed by atoms with E-state index < -0.39 is 0 Å². The number of rotatable bonds is 2. The van der Waals surface area contributed by atoms with Crippen LogP contribution in [-0.4, -0.2) is 24.7 Å². The van der Waals surface area contributed by atoms with Crippen LogP contribution < -0.4 is 5.32 Å². The molecule has 0 spiro atoms. The number of esters is 1. The van der Waals surface area contributed by atoms with Crippen molar-refractivity contribution in [3.05, 3.63) is 0 Å². The summed E-state index contributed by atoms with van der Waals surface area (Å²) in [5.74, 6) is -0.222. The standard InChI is InChI=1S/C8H17NO2/c1-6(7(10)11-5)9-8(2,3)4/h6,9H,1-5H3/t6-/m0/s1. The van der Waals surface area contributed by atoms with Crippen molar-refractivity contribution in [3.8, 4) is 0 Å². The molecule has 0 saturated heterocycles. The molecule has 0 aliphatic heterocycles. The van der Waals surface area contributed by atoms with Gasteiger partial charge >= 0.3 is 5.97 Å². The van der Waals surface area contributed by atoms with Crippen molar-refractivity contribution in [2.75, 3.05) is 7.11 Å². The molecular weight excluding hydrogens is 142 g/mol. The van der Waals surface area contributed by atoms with Crippen LogP contribution in [0.2, 0.25) is 0 Å². The van der Waals surface area contributed by atoms with E-state index in [0.29, 0.717) is 0 Å². The molecule has 3 heteroatoms. The van der Waals surface area contributed by atoms with Crippen molar-refractivity contribution in [2.45, 2.75) is 39.3 Å². The van der Waals surface area contributed by atoms with E-state index in [1.807, 2.05) is 20.8 Å².